The largest absolute Gasteiger partial charge is 0.328 e. The molecule has 10 heavy (non-hydrogen) atoms. The molecule has 0 bridgehead atoms. The molecular formula is C7H9BrN2. The zero-order valence-corrected chi connectivity index (χ0v) is 7.43. The zero-order valence-electron chi connectivity index (χ0n) is 5.84. The van der Waals surface area contributed by atoms with Gasteiger partial charge in [-0.15, -0.1) is 0 Å². The first-order valence-electron chi connectivity index (χ1n) is 3.45. The van der Waals surface area contributed by atoms with Crippen molar-refractivity contribution in [3.8, 4) is 0 Å². The molecule has 1 aromatic rings. The molecule has 0 saturated heterocycles. The third kappa shape index (κ3) is 0.888. The maximum Gasteiger partial charge on any atom is 0.108 e. The molecule has 2 nitrogen and oxygen atoms in total. The summed E-state index contributed by atoms with van der Waals surface area (Å²) in [6, 6.07) is 0. The van der Waals surface area contributed by atoms with Gasteiger partial charge in [-0.1, -0.05) is 0 Å². The molecule has 1 saturated carbocycles. The zero-order chi connectivity index (χ0) is 7.14. The fourth-order valence-electron chi connectivity index (χ4n) is 1.06. The molecular weight excluding hydrogens is 192 g/mol. The highest BCUT2D eigenvalue weighted by Gasteiger charge is 2.28. The van der Waals surface area contributed by atoms with Crippen LogP contribution in [0.15, 0.2) is 10.9 Å². The van der Waals surface area contributed by atoms with Gasteiger partial charge >= 0.3 is 0 Å². The number of hydrogen-bond acceptors (Lipinski definition) is 1. The van der Waals surface area contributed by atoms with Gasteiger partial charge in [0.05, 0.1) is 12.0 Å². The molecule has 0 spiro atoms. The summed E-state index contributed by atoms with van der Waals surface area (Å²) in [5.41, 5.74) is 1.24. The summed E-state index contributed by atoms with van der Waals surface area (Å²) in [7, 11) is 2.00. The van der Waals surface area contributed by atoms with Crippen LogP contribution in [0.5, 0.6) is 0 Å². The Morgan fingerprint density at radius 3 is 2.80 bits per heavy atom. The monoisotopic (exact) mass is 200 g/mol. The van der Waals surface area contributed by atoms with Gasteiger partial charge in [-0.25, -0.2) is 4.98 Å². The summed E-state index contributed by atoms with van der Waals surface area (Å²) in [6.07, 6.45) is 4.49. The first kappa shape index (κ1) is 6.40. The van der Waals surface area contributed by atoms with E-state index in [2.05, 4.69) is 20.9 Å². The molecule has 0 N–H and O–H groups in total. The fourth-order valence-corrected chi connectivity index (χ4v) is 1.58. The standard InChI is InChI=1S/C7H9BrN2/c1-10-4-9-6(7(10)8)5-2-3-5/h4-5H,2-3H2,1H3. The minimum absolute atomic E-state index is 0.746. The lowest BCUT2D eigenvalue weighted by molar-refractivity contribution is 0.885. The minimum Gasteiger partial charge on any atom is -0.328 e. The molecule has 2 rings (SSSR count). The Morgan fingerprint density at radius 2 is 2.40 bits per heavy atom. The molecule has 0 aromatic carbocycles. The van der Waals surface area contributed by atoms with E-state index in [0.717, 1.165) is 10.5 Å². The molecule has 54 valence electrons. The van der Waals surface area contributed by atoms with Crippen molar-refractivity contribution < 1.29 is 0 Å². The number of halogens is 1. The number of rotatable bonds is 1. The number of aromatic nitrogens is 2. The average molecular weight is 201 g/mol. The normalized spacial score (nSPS) is 17.8. The van der Waals surface area contributed by atoms with Gasteiger partial charge in [0, 0.05) is 13.0 Å². The SMILES string of the molecule is Cn1cnc(C2CC2)c1Br. The fraction of sp³-hybridized carbons (Fsp3) is 0.571. The van der Waals surface area contributed by atoms with Gasteiger partial charge < -0.3 is 4.57 Å². The van der Waals surface area contributed by atoms with Crippen molar-refractivity contribution in [2.45, 2.75) is 18.8 Å². The van der Waals surface area contributed by atoms with E-state index in [1.807, 2.05) is 17.9 Å². The van der Waals surface area contributed by atoms with E-state index in [1.54, 1.807) is 0 Å². The molecule has 1 aromatic heterocycles. The van der Waals surface area contributed by atoms with E-state index < -0.39 is 0 Å². The molecule has 1 heterocycles. The van der Waals surface area contributed by atoms with E-state index in [-0.39, 0.29) is 0 Å². The van der Waals surface area contributed by atoms with Gasteiger partial charge in [-0.2, -0.15) is 0 Å². The maximum absolute atomic E-state index is 4.29. The molecule has 0 radical (unpaired) electrons. The Balaban J connectivity index is 2.40. The van der Waals surface area contributed by atoms with Crippen molar-refractivity contribution in [1.29, 1.82) is 0 Å². The lowest BCUT2D eigenvalue weighted by Crippen LogP contribution is -1.85. The second-order valence-electron chi connectivity index (χ2n) is 2.81. The number of nitrogens with zero attached hydrogens (tertiary/aromatic N) is 2. The Kier molecular flexibility index (Phi) is 1.34. The summed E-state index contributed by atoms with van der Waals surface area (Å²) in [5.74, 6) is 0.746. The molecule has 0 amide bonds. The van der Waals surface area contributed by atoms with E-state index in [9.17, 15) is 0 Å². The van der Waals surface area contributed by atoms with Gasteiger partial charge in [0.1, 0.15) is 4.60 Å². The molecule has 1 aliphatic carbocycles. The van der Waals surface area contributed by atoms with Crippen LogP contribution < -0.4 is 0 Å². The summed E-state index contributed by atoms with van der Waals surface area (Å²) in [6.45, 7) is 0. The Labute approximate surface area is 68.4 Å². The van der Waals surface area contributed by atoms with E-state index in [4.69, 9.17) is 0 Å². The van der Waals surface area contributed by atoms with Crippen LogP contribution in [0, 0.1) is 0 Å². The second kappa shape index (κ2) is 2.09. The van der Waals surface area contributed by atoms with Crippen molar-refractivity contribution in [2.24, 2.45) is 7.05 Å². The molecule has 0 atom stereocenters. The van der Waals surface area contributed by atoms with Crippen LogP contribution in [0.2, 0.25) is 0 Å². The Hall–Kier alpha value is -0.310. The van der Waals surface area contributed by atoms with E-state index >= 15 is 0 Å². The third-order valence-corrected chi connectivity index (χ3v) is 2.82. The predicted octanol–water partition coefficient (Wildman–Crippen LogP) is 2.06. The quantitative estimate of drug-likeness (QED) is 0.679. The molecule has 1 fully saturated rings. The molecule has 0 unspecified atom stereocenters. The van der Waals surface area contributed by atoms with Crippen LogP contribution >= 0.6 is 15.9 Å². The lowest BCUT2D eigenvalue weighted by atomic mass is 10.3. The Bertz CT molecular complexity index is 250. The third-order valence-electron chi connectivity index (χ3n) is 1.86. The summed E-state index contributed by atoms with van der Waals surface area (Å²) < 4.78 is 3.16. The smallest absolute Gasteiger partial charge is 0.108 e. The highest BCUT2D eigenvalue weighted by atomic mass is 79.9. The highest BCUT2D eigenvalue weighted by molar-refractivity contribution is 9.10. The Morgan fingerprint density at radius 1 is 1.70 bits per heavy atom. The van der Waals surface area contributed by atoms with Gasteiger partial charge in [-0.3, -0.25) is 0 Å². The first-order chi connectivity index (χ1) is 4.79. The second-order valence-corrected chi connectivity index (χ2v) is 3.56. The molecule has 0 aliphatic heterocycles. The van der Waals surface area contributed by atoms with Crippen molar-refractivity contribution in [2.75, 3.05) is 0 Å². The van der Waals surface area contributed by atoms with Crippen LogP contribution in [-0.4, -0.2) is 9.55 Å². The first-order valence-corrected chi connectivity index (χ1v) is 4.25. The van der Waals surface area contributed by atoms with Crippen LogP contribution in [0.3, 0.4) is 0 Å². The topological polar surface area (TPSA) is 17.8 Å². The van der Waals surface area contributed by atoms with Crippen LogP contribution in [0.25, 0.3) is 0 Å². The van der Waals surface area contributed by atoms with Crippen molar-refractivity contribution in [1.82, 2.24) is 9.55 Å². The van der Waals surface area contributed by atoms with Crippen LogP contribution in [0.4, 0.5) is 0 Å². The minimum atomic E-state index is 0.746. The van der Waals surface area contributed by atoms with Crippen molar-refractivity contribution in [3.63, 3.8) is 0 Å². The highest BCUT2D eigenvalue weighted by Crippen LogP contribution is 2.41. The lowest BCUT2D eigenvalue weighted by Gasteiger charge is -1.92. The van der Waals surface area contributed by atoms with Gasteiger partial charge in [0.15, 0.2) is 0 Å². The average Bonchev–Trinajstić information content (AvgIpc) is 2.67. The number of hydrogen-bond donors (Lipinski definition) is 0. The number of aryl methyl sites for hydroxylation is 1. The summed E-state index contributed by atoms with van der Waals surface area (Å²) in [5, 5.41) is 0. The van der Waals surface area contributed by atoms with Gasteiger partial charge in [0.25, 0.3) is 0 Å². The summed E-state index contributed by atoms with van der Waals surface area (Å²) in [4.78, 5) is 4.29. The van der Waals surface area contributed by atoms with Crippen molar-refractivity contribution >= 4 is 15.9 Å². The van der Waals surface area contributed by atoms with E-state index in [0.29, 0.717) is 0 Å². The molecule has 1 aliphatic rings. The number of imidazole rings is 1. The van der Waals surface area contributed by atoms with Crippen molar-refractivity contribution in [3.05, 3.63) is 16.6 Å². The predicted molar refractivity (Wildman–Crippen MR) is 42.9 cm³/mol. The van der Waals surface area contributed by atoms with Crippen LogP contribution in [0.1, 0.15) is 24.5 Å². The van der Waals surface area contributed by atoms with E-state index in [1.165, 1.54) is 18.5 Å². The van der Waals surface area contributed by atoms with Gasteiger partial charge in [-0.05, 0) is 28.8 Å². The summed E-state index contributed by atoms with van der Waals surface area (Å²) >= 11 is 3.49. The van der Waals surface area contributed by atoms with Crippen LogP contribution in [-0.2, 0) is 7.05 Å². The maximum atomic E-state index is 4.29. The molecule has 3 heteroatoms. The van der Waals surface area contributed by atoms with Gasteiger partial charge in [0.2, 0.25) is 0 Å².